The van der Waals surface area contributed by atoms with E-state index in [1.807, 2.05) is 0 Å². The fourth-order valence-corrected chi connectivity index (χ4v) is 5.69. The Bertz CT molecular complexity index is 557. The molecule has 0 aromatic rings. The smallest absolute Gasteiger partial charge is 0.309 e. The second-order valence-electron chi connectivity index (χ2n) is 12.6. The van der Waals surface area contributed by atoms with Crippen LogP contribution in [0.1, 0.15) is 176 Å². The summed E-state index contributed by atoms with van der Waals surface area (Å²) in [5.41, 5.74) is 0. The maximum atomic E-state index is 13.0. The first-order chi connectivity index (χ1) is 18.8. The van der Waals surface area contributed by atoms with Gasteiger partial charge in [-0.1, -0.05) is 144 Å². The van der Waals surface area contributed by atoms with Crippen LogP contribution in [0.4, 0.5) is 0 Å². The predicted octanol–water partition coefficient (Wildman–Crippen LogP) is 10.8. The first kappa shape index (κ1) is 37.9. The van der Waals surface area contributed by atoms with Gasteiger partial charge in [-0.25, -0.2) is 0 Å². The highest BCUT2D eigenvalue weighted by atomic mass is 16.5. The molecule has 232 valence electrons. The van der Waals surface area contributed by atoms with Crippen molar-refractivity contribution in [2.75, 3.05) is 13.2 Å². The second kappa shape index (κ2) is 27.1. The average Bonchev–Trinajstić information content (AvgIpc) is 2.90. The molecule has 0 bridgehead atoms. The number of esters is 2. The molecule has 0 fully saturated rings. The third kappa shape index (κ3) is 22.3. The quantitative estimate of drug-likeness (QED) is 0.0715. The minimum Gasteiger partial charge on any atom is -0.466 e. The molecule has 0 amide bonds. The van der Waals surface area contributed by atoms with Crippen molar-refractivity contribution in [2.45, 2.75) is 176 Å². The van der Waals surface area contributed by atoms with Gasteiger partial charge in [0.05, 0.1) is 19.1 Å². The summed E-state index contributed by atoms with van der Waals surface area (Å²) in [5.74, 6) is 1.27. The van der Waals surface area contributed by atoms with E-state index < -0.39 is 0 Å². The molecule has 0 saturated carbocycles. The van der Waals surface area contributed by atoms with Crippen molar-refractivity contribution in [3.63, 3.8) is 0 Å². The summed E-state index contributed by atoms with van der Waals surface area (Å²) in [6.07, 6.45) is 24.5. The molecule has 0 aliphatic rings. The lowest BCUT2D eigenvalue weighted by Crippen LogP contribution is -2.33. The minimum absolute atomic E-state index is 0.0134. The number of ether oxygens (including phenoxy) is 2. The van der Waals surface area contributed by atoms with Crippen LogP contribution in [0.15, 0.2) is 0 Å². The zero-order chi connectivity index (χ0) is 29.1. The van der Waals surface area contributed by atoms with Crippen molar-refractivity contribution >= 4 is 11.9 Å². The predicted molar refractivity (Wildman–Crippen MR) is 167 cm³/mol. The van der Waals surface area contributed by atoms with Gasteiger partial charge >= 0.3 is 11.9 Å². The molecule has 4 nitrogen and oxygen atoms in total. The van der Waals surface area contributed by atoms with E-state index >= 15 is 0 Å². The zero-order valence-electron chi connectivity index (χ0n) is 27.2. The van der Waals surface area contributed by atoms with Gasteiger partial charge in [-0.3, -0.25) is 9.59 Å². The van der Waals surface area contributed by atoms with Gasteiger partial charge in [-0.2, -0.15) is 0 Å². The monoisotopic (exact) mass is 553 g/mol. The summed E-state index contributed by atoms with van der Waals surface area (Å²) in [6.45, 7) is 14.5. The molecule has 0 saturated heterocycles. The largest absolute Gasteiger partial charge is 0.466 e. The van der Waals surface area contributed by atoms with Crippen molar-refractivity contribution < 1.29 is 19.1 Å². The third-order valence-corrected chi connectivity index (χ3v) is 8.23. The molecule has 0 rings (SSSR count). The van der Waals surface area contributed by atoms with Crippen LogP contribution in [-0.4, -0.2) is 25.2 Å². The summed E-state index contributed by atoms with van der Waals surface area (Å²) in [7, 11) is 0. The Kier molecular flexibility index (Phi) is 26.4. The molecular formula is C35H68O4. The van der Waals surface area contributed by atoms with Crippen molar-refractivity contribution in [3.05, 3.63) is 0 Å². The molecule has 0 aliphatic carbocycles. The highest BCUT2D eigenvalue weighted by Crippen LogP contribution is 2.33. The zero-order valence-corrected chi connectivity index (χ0v) is 27.2. The van der Waals surface area contributed by atoms with Gasteiger partial charge in [-0.15, -0.1) is 0 Å². The van der Waals surface area contributed by atoms with Gasteiger partial charge in [0.1, 0.15) is 0 Å². The van der Waals surface area contributed by atoms with Crippen LogP contribution in [0.3, 0.4) is 0 Å². The van der Waals surface area contributed by atoms with Gasteiger partial charge in [0.2, 0.25) is 0 Å². The highest BCUT2D eigenvalue weighted by Gasteiger charge is 2.33. The summed E-state index contributed by atoms with van der Waals surface area (Å²) >= 11 is 0. The van der Waals surface area contributed by atoms with Crippen LogP contribution >= 0.6 is 0 Å². The highest BCUT2D eigenvalue weighted by molar-refractivity contribution is 5.73. The van der Waals surface area contributed by atoms with E-state index in [-0.39, 0.29) is 17.9 Å². The average molecular weight is 553 g/mol. The topological polar surface area (TPSA) is 52.6 Å². The van der Waals surface area contributed by atoms with E-state index in [1.165, 1.54) is 89.9 Å². The van der Waals surface area contributed by atoms with Gasteiger partial charge in [0.25, 0.3) is 0 Å². The molecule has 0 aliphatic heterocycles. The molecule has 0 heterocycles. The standard InChI is InChI=1S/C35H68O4/c1-7-9-11-20-24-28-38-33(36)27-23-19-17-15-13-14-16-18-22-26-32(30(3)4)34(31(5)6)35(37)39-29-25-21-12-10-8-2/h30-32,34H,7-29H2,1-6H3. The third-order valence-electron chi connectivity index (χ3n) is 8.23. The van der Waals surface area contributed by atoms with Crippen LogP contribution in [0.5, 0.6) is 0 Å². The Morgan fingerprint density at radius 2 is 0.949 bits per heavy atom. The molecule has 0 radical (unpaired) electrons. The molecule has 4 heteroatoms. The van der Waals surface area contributed by atoms with Gasteiger partial charge < -0.3 is 9.47 Å². The van der Waals surface area contributed by atoms with Crippen molar-refractivity contribution in [1.82, 2.24) is 0 Å². The molecule has 0 aromatic heterocycles. The summed E-state index contributed by atoms with van der Waals surface area (Å²) in [5, 5.41) is 0. The first-order valence-corrected chi connectivity index (χ1v) is 17.2. The molecular weight excluding hydrogens is 484 g/mol. The van der Waals surface area contributed by atoms with Gasteiger partial charge in [0, 0.05) is 6.42 Å². The van der Waals surface area contributed by atoms with Crippen LogP contribution in [0, 0.1) is 23.7 Å². The first-order valence-electron chi connectivity index (χ1n) is 17.2. The van der Waals surface area contributed by atoms with Crippen LogP contribution in [0.2, 0.25) is 0 Å². The van der Waals surface area contributed by atoms with E-state index in [4.69, 9.17) is 9.47 Å². The van der Waals surface area contributed by atoms with E-state index in [1.54, 1.807) is 0 Å². The summed E-state index contributed by atoms with van der Waals surface area (Å²) in [4.78, 5) is 24.8. The fourth-order valence-electron chi connectivity index (χ4n) is 5.69. The normalized spacial score (nSPS) is 13.1. The van der Waals surface area contributed by atoms with Crippen molar-refractivity contribution in [2.24, 2.45) is 23.7 Å². The Morgan fingerprint density at radius 3 is 1.44 bits per heavy atom. The maximum absolute atomic E-state index is 13.0. The number of carbonyl (C=O) groups excluding carboxylic acids is 2. The number of rotatable bonds is 28. The molecule has 39 heavy (non-hydrogen) atoms. The lowest BCUT2D eigenvalue weighted by molar-refractivity contribution is -0.153. The molecule has 2 unspecified atom stereocenters. The molecule has 0 spiro atoms. The van der Waals surface area contributed by atoms with Crippen LogP contribution in [-0.2, 0) is 19.1 Å². The Labute approximate surface area is 244 Å². The summed E-state index contributed by atoms with van der Waals surface area (Å²) < 4.78 is 11.1. The fraction of sp³-hybridized carbons (Fsp3) is 0.943. The van der Waals surface area contributed by atoms with Gasteiger partial charge in [0.15, 0.2) is 0 Å². The Balaban J connectivity index is 3.93. The number of unbranched alkanes of at least 4 members (excludes halogenated alkanes) is 16. The lowest BCUT2D eigenvalue weighted by atomic mass is 9.74. The van der Waals surface area contributed by atoms with E-state index in [2.05, 4.69) is 41.5 Å². The van der Waals surface area contributed by atoms with Crippen LogP contribution in [0.25, 0.3) is 0 Å². The lowest BCUT2D eigenvalue weighted by Gasteiger charge is -2.31. The maximum Gasteiger partial charge on any atom is 0.309 e. The van der Waals surface area contributed by atoms with Crippen molar-refractivity contribution in [1.29, 1.82) is 0 Å². The van der Waals surface area contributed by atoms with E-state index in [0.717, 1.165) is 38.5 Å². The summed E-state index contributed by atoms with van der Waals surface area (Å²) in [6, 6.07) is 0. The molecule has 2 atom stereocenters. The van der Waals surface area contributed by atoms with E-state index in [0.29, 0.717) is 37.4 Å². The molecule has 0 N–H and O–H groups in total. The number of hydrogen-bond acceptors (Lipinski definition) is 4. The minimum atomic E-state index is -0.0134. The van der Waals surface area contributed by atoms with E-state index in [9.17, 15) is 9.59 Å². The number of carbonyl (C=O) groups is 2. The Morgan fingerprint density at radius 1 is 0.513 bits per heavy atom. The second-order valence-corrected chi connectivity index (χ2v) is 12.6. The van der Waals surface area contributed by atoms with Crippen molar-refractivity contribution in [3.8, 4) is 0 Å². The Hall–Kier alpha value is -1.06. The van der Waals surface area contributed by atoms with Crippen LogP contribution < -0.4 is 0 Å². The van der Waals surface area contributed by atoms with Gasteiger partial charge in [-0.05, 0) is 43.4 Å². The molecule has 0 aromatic carbocycles. The number of hydrogen-bond donors (Lipinski definition) is 0. The SMILES string of the molecule is CCCCCCCOC(=O)CCCCCCCCCCCC(C(C)C)C(C(=O)OCCCCCCC)C(C)C.